The normalized spacial score (nSPS) is 11.6. The number of halogens is 1. The molecule has 132 valence electrons. The van der Waals surface area contributed by atoms with Crippen molar-refractivity contribution in [3.05, 3.63) is 75.3 Å². The number of fused-ring (bicyclic) bond motifs is 1. The molecule has 0 saturated carbocycles. The van der Waals surface area contributed by atoms with E-state index in [1.165, 1.54) is 30.9 Å². The van der Waals surface area contributed by atoms with E-state index in [2.05, 4.69) is 16.9 Å². The average molecular weight is 369 g/mol. The maximum absolute atomic E-state index is 12.3. The largest absolute Gasteiger partial charge is 0.465 e. The van der Waals surface area contributed by atoms with E-state index in [0.29, 0.717) is 21.5 Å². The summed E-state index contributed by atoms with van der Waals surface area (Å²) in [6.07, 6.45) is 2.69. The van der Waals surface area contributed by atoms with Crippen LogP contribution in [-0.4, -0.2) is 23.0 Å². The zero-order chi connectivity index (χ0) is 18.7. The predicted molar refractivity (Wildman–Crippen MR) is 103 cm³/mol. The number of methoxy groups -OCH3 is 1. The quantitative estimate of drug-likeness (QED) is 0.706. The Morgan fingerprint density at radius 2 is 1.96 bits per heavy atom. The molecule has 0 amide bonds. The minimum Gasteiger partial charge on any atom is -0.465 e. The minimum atomic E-state index is -0.492. The van der Waals surface area contributed by atoms with Gasteiger partial charge in [0.15, 0.2) is 5.82 Å². The summed E-state index contributed by atoms with van der Waals surface area (Å²) in [6, 6.07) is 12.5. The summed E-state index contributed by atoms with van der Waals surface area (Å²) in [6.45, 7) is 2.09. The SMILES string of the molecule is CCc1ccc(/C=C(\Cl)c2nc3cc(C(=O)OC)ccc3c(=O)[nH]2)cc1. The molecular formula is C20H17ClN2O3. The number of esters is 1. The summed E-state index contributed by atoms with van der Waals surface area (Å²) >= 11 is 6.35. The molecule has 0 aliphatic rings. The summed E-state index contributed by atoms with van der Waals surface area (Å²) in [5.41, 5.74) is 2.50. The van der Waals surface area contributed by atoms with Crippen LogP contribution in [0, 0.1) is 0 Å². The van der Waals surface area contributed by atoms with Crippen LogP contribution in [0.15, 0.2) is 47.3 Å². The fourth-order valence-corrected chi connectivity index (χ4v) is 2.78. The van der Waals surface area contributed by atoms with Crippen molar-refractivity contribution in [2.75, 3.05) is 7.11 Å². The minimum absolute atomic E-state index is 0.241. The van der Waals surface area contributed by atoms with Gasteiger partial charge < -0.3 is 9.72 Å². The Morgan fingerprint density at radius 3 is 2.62 bits per heavy atom. The fourth-order valence-electron chi connectivity index (χ4n) is 2.56. The first-order valence-corrected chi connectivity index (χ1v) is 8.48. The van der Waals surface area contributed by atoms with Gasteiger partial charge in [-0.05, 0) is 41.8 Å². The number of hydrogen-bond donors (Lipinski definition) is 1. The molecule has 5 nitrogen and oxygen atoms in total. The number of carbonyl (C=O) groups excluding carboxylic acids is 1. The molecule has 0 fully saturated rings. The van der Waals surface area contributed by atoms with Gasteiger partial charge in [0.2, 0.25) is 0 Å². The monoisotopic (exact) mass is 368 g/mol. The number of nitrogens with zero attached hydrogens (tertiary/aromatic N) is 1. The first-order valence-electron chi connectivity index (χ1n) is 8.10. The van der Waals surface area contributed by atoms with Gasteiger partial charge in [0.1, 0.15) is 0 Å². The van der Waals surface area contributed by atoms with E-state index in [9.17, 15) is 9.59 Å². The summed E-state index contributed by atoms with van der Waals surface area (Å²) < 4.78 is 4.70. The lowest BCUT2D eigenvalue weighted by Crippen LogP contribution is -2.11. The molecule has 0 unspecified atom stereocenters. The van der Waals surface area contributed by atoms with Crippen LogP contribution in [0.5, 0.6) is 0 Å². The molecule has 26 heavy (non-hydrogen) atoms. The number of benzene rings is 2. The number of carbonyl (C=O) groups is 1. The van der Waals surface area contributed by atoms with Gasteiger partial charge in [-0.1, -0.05) is 42.8 Å². The van der Waals surface area contributed by atoms with Crippen LogP contribution >= 0.6 is 11.6 Å². The summed E-state index contributed by atoms with van der Waals surface area (Å²) in [7, 11) is 1.30. The maximum Gasteiger partial charge on any atom is 0.337 e. The number of rotatable bonds is 4. The molecule has 3 aromatic rings. The highest BCUT2D eigenvalue weighted by Gasteiger charge is 2.11. The second-order valence-electron chi connectivity index (χ2n) is 5.73. The molecule has 1 aromatic heterocycles. The Balaban J connectivity index is 2.04. The molecule has 0 aliphatic heterocycles. The molecule has 1 heterocycles. The van der Waals surface area contributed by atoms with Crippen molar-refractivity contribution in [3.8, 4) is 0 Å². The fraction of sp³-hybridized carbons (Fsp3) is 0.150. The second kappa shape index (κ2) is 7.54. The highest BCUT2D eigenvalue weighted by Crippen LogP contribution is 2.21. The van der Waals surface area contributed by atoms with Crippen molar-refractivity contribution in [1.82, 2.24) is 9.97 Å². The Bertz CT molecular complexity index is 1050. The molecule has 2 aromatic carbocycles. The molecule has 1 N–H and O–H groups in total. The molecule has 0 spiro atoms. The lowest BCUT2D eigenvalue weighted by atomic mass is 10.1. The van der Waals surface area contributed by atoms with Crippen LogP contribution in [0.3, 0.4) is 0 Å². The summed E-state index contributed by atoms with van der Waals surface area (Å²) in [5, 5.41) is 0.676. The van der Waals surface area contributed by atoms with E-state index in [1.807, 2.05) is 24.3 Å². The first kappa shape index (κ1) is 17.9. The second-order valence-corrected chi connectivity index (χ2v) is 6.13. The first-order chi connectivity index (χ1) is 12.5. The Labute approximate surface area is 155 Å². The number of aromatic amines is 1. The topological polar surface area (TPSA) is 72.0 Å². The maximum atomic E-state index is 12.3. The Hall–Kier alpha value is -2.92. The van der Waals surface area contributed by atoms with Crippen molar-refractivity contribution < 1.29 is 9.53 Å². The van der Waals surface area contributed by atoms with Crippen LogP contribution in [0.4, 0.5) is 0 Å². The molecule has 6 heteroatoms. The van der Waals surface area contributed by atoms with Crippen molar-refractivity contribution in [1.29, 1.82) is 0 Å². The zero-order valence-electron chi connectivity index (χ0n) is 14.4. The van der Waals surface area contributed by atoms with Gasteiger partial charge in [0.05, 0.1) is 28.6 Å². The van der Waals surface area contributed by atoms with Gasteiger partial charge in [-0.3, -0.25) is 4.79 Å². The van der Waals surface area contributed by atoms with Crippen molar-refractivity contribution in [2.24, 2.45) is 0 Å². The Morgan fingerprint density at radius 1 is 1.23 bits per heavy atom. The van der Waals surface area contributed by atoms with Crippen LogP contribution in [0.1, 0.15) is 34.2 Å². The van der Waals surface area contributed by atoms with Gasteiger partial charge in [-0.25, -0.2) is 9.78 Å². The van der Waals surface area contributed by atoms with Crippen molar-refractivity contribution in [2.45, 2.75) is 13.3 Å². The van der Waals surface area contributed by atoms with E-state index >= 15 is 0 Å². The number of hydrogen-bond acceptors (Lipinski definition) is 4. The number of ether oxygens (including phenoxy) is 1. The standard InChI is InChI=1S/C20H17ClN2O3/c1-3-12-4-6-13(7-5-12)10-16(21)18-22-17-11-14(20(25)26-2)8-9-15(17)19(24)23-18/h4-11H,3H2,1-2H3,(H,22,23,24)/b16-10-. The van der Waals surface area contributed by atoms with Crippen LogP contribution < -0.4 is 5.56 Å². The molecule has 0 atom stereocenters. The molecule has 0 bridgehead atoms. The van der Waals surface area contributed by atoms with E-state index < -0.39 is 5.97 Å². The van der Waals surface area contributed by atoms with Crippen LogP contribution in [0.25, 0.3) is 22.0 Å². The zero-order valence-corrected chi connectivity index (χ0v) is 15.1. The number of aryl methyl sites for hydroxylation is 1. The van der Waals surface area contributed by atoms with Gasteiger partial charge in [0.25, 0.3) is 5.56 Å². The number of aromatic nitrogens is 2. The van der Waals surface area contributed by atoms with E-state index in [4.69, 9.17) is 16.3 Å². The van der Waals surface area contributed by atoms with Gasteiger partial charge in [-0.15, -0.1) is 0 Å². The molecular weight excluding hydrogens is 352 g/mol. The molecule has 0 radical (unpaired) electrons. The predicted octanol–water partition coefficient (Wildman–Crippen LogP) is 4.01. The molecule has 0 saturated heterocycles. The highest BCUT2D eigenvalue weighted by molar-refractivity contribution is 6.50. The van der Waals surface area contributed by atoms with E-state index in [1.54, 1.807) is 6.08 Å². The summed E-state index contributed by atoms with van der Waals surface area (Å²) in [4.78, 5) is 31.0. The van der Waals surface area contributed by atoms with Crippen LogP contribution in [0.2, 0.25) is 0 Å². The van der Waals surface area contributed by atoms with Gasteiger partial charge in [-0.2, -0.15) is 0 Å². The third kappa shape index (κ3) is 3.68. The van der Waals surface area contributed by atoms with Crippen molar-refractivity contribution in [3.63, 3.8) is 0 Å². The third-order valence-electron chi connectivity index (χ3n) is 4.04. The highest BCUT2D eigenvalue weighted by atomic mass is 35.5. The van der Waals surface area contributed by atoms with Crippen LogP contribution in [-0.2, 0) is 11.2 Å². The van der Waals surface area contributed by atoms with Crippen molar-refractivity contribution >= 4 is 39.6 Å². The van der Waals surface area contributed by atoms with Gasteiger partial charge in [0, 0.05) is 0 Å². The number of H-pyrrole nitrogens is 1. The average Bonchev–Trinajstić information content (AvgIpc) is 2.67. The Kier molecular flexibility index (Phi) is 5.19. The lowest BCUT2D eigenvalue weighted by Gasteiger charge is -2.05. The van der Waals surface area contributed by atoms with E-state index in [-0.39, 0.29) is 11.4 Å². The van der Waals surface area contributed by atoms with Gasteiger partial charge >= 0.3 is 5.97 Å². The smallest absolute Gasteiger partial charge is 0.337 e. The van der Waals surface area contributed by atoms with E-state index in [0.717, 1.165) is 12.0 Å². The third-order valence-corrected chi connectivity index (χ3v) is 4.32. The summed E-state index contributed by atoms with van der Waals surface area (Å²) in [5.74, 6) is -0.251. The molecule has 3 rings (SSSR count). The molecule has 0 aliphatic carbocycles. The number of nitrogens with one attached hydrogen (secondary N) is 1. The lowest BCUT2D eigenvalue weighted by molar-refractivity contribution is 0.0601.